The number of benzene rings is 1. The van der Waals surface area contributed by atoms with Gasteiger partial charge in [0.1, 0.15) is 5.60 Å². The van der Waals surface area contributed by atoms with Gasteiger partial charge in [0, 0.05) is 4.47 Å². The van der Waals surface area contributed by atoms with Crippen molar-refractivity contribution in [1.29, 1.82) is 0 Å². The van der Waals surface area contributed by atoms with Crippen LogP contribution in [-0.4, -0.2) is 11.6 Å². The van der Waals surface area contributed by atoms with E-state index < -0.39 is 5.60 Å². The van der Waals surface area contributed by atoms with Gasteiger partial charge in [0.2, 0.25) is 0 Å². The first-order valence-electron chi connectivity index (χ1n) is 5.21. The summed E-state index contributed by atoms with van der Waals surface area (Å²) in [5.41, 5.74) is 2.24. The van der Waals surface area contributed by atoms with E-state index in [1.54, 1.807) is 0 Å². The molecule has 0 N–H and O–H groups in total. The minimum atomic E-state index is -0.452. The SMILES string of the molecule is Cc1cc(C(=O)OC(C)(C)C)cc(C)c1Br. The Hall–Kier alpha value is -0.830. The van der Waals surface area contributed by atoms with E-state index in [-0.39, 0.29) is 5.97 Å². The lowest BCUT2D eigenvalue weighted by molar-refractivity contribution is 0.00693. The Morgan fingerprint density at radius 2 is 1.62 bits per heavy atom. The van der Waals surface area contributed by atoms with Crippen molar-refractivity contribution in [2.75, 3.05) is 0 Å². The zero-order valence-corrected chi connectivity index (χ0v) is 11.9. The van der Waals surface area contributed by atoms with Crippen LogP contribution < -0.4 is 0 Å². The van der Waals surface area contributed by atoms with E-state index >= 15 is 0 Å². The zero-order chi connectivity index (χ0) is 12.5. The molecule has 1 rings (SSSR count). The lowest BCUT2D eigenvalue weighted by Crippen LogP contribution is -2.24. The number of aryl methyl sites for hydroxylation is 2. The van der Waals surface area contributed by atoms with E-state index in [2.05, 4.69) is 15.9 Å². The third-order valence-corrected chi connectivity index (χ3v) is 3.32. The van der Waals surface area contributed by atoms with Gasteiger partial charge in [0.05, 0.1) is 5.56 Å². The molecule has 3 heteroatoms. The highest BCUT2D eigenvalue weighted by Gasteiger charge is 2.18. The van der Waals surface area contributed by atoms with Crippen LogP contribution in [-0.2, 0) is 4.74 Å². The van der Waals surface area contributed by atoms with Crippen LogP contribution in [0.4, 0.5) is 0 Å². The molecule has 0 aliphatic carbocycles. The van der Waals surface area contributed by atoms with Gasteiger partial charge in [-0.25, -0.2) is 4.79 Å². The van der Waals surface area contributed by atoms with Crippen LogP contribution in [0, 0.1) is 13.8 Å². The fourth-order valence-corrected chi connectivity index (χ4v) is 1.63. The van der Waals surface area contributed by atoms with Gasteiger partial charge >= 0.3 is 5.97 Å². The first-order chi connectivity index (χ1) is 7.20. The minimum Gasteiger partial charge on any atom is -0.456 e. The highest BCUT2D eigenvalue weighted by molar-refractivity contribution is 9.10. The maximum absolute atomic E-state index is 11.8. The van der Waals surface area contributed by atoms with Crippen molar-refractivity contribution < 1.29 is 9.53 Å². The summed E-state index contributed by atoms with van der Waals surface area (Å²) in [5.74, 6) is -0.272. The number of ether oxygens (including phenoxy) is 1. The van der Waals surface area contributed by atoms with Crippen LogP contribution >= 0.6 is 15.9 Å². The summed E-state index contributed by atoms with van der Waals surface area (Å²) in [5, 5.41) is 0. The fraction of sp³-hybridized carbons (Fsp3) is 0.462. The second-order valence-corrected chi connectivity index (χ2v) is 5.72. The molecule has 0 aliphatic heterocycles. The molecule has 88 valence electrons. The van der Waals surface area contributed by atoms with Crippen LogP contribution in [0.1, 0.15) is 42.3 Å². The Kier molecular flexibility index (Phi) is 3.79. The van der Waals surface area contributed by atoms with Gasteiger partial charge < -0.3 is 4.74 Å². The second-order valence-electron chi connectivity index (χ2n) is 4.93. The zero-order valence-electron chi connectivity index (χ0n) is 10.3. The van der Waals surface area contributed by atoms with Crippen molar-refractivity contribution >= 4 is 21.9 Å². The molecular weight excluding hydrogens is 268 g/mol. The molecule has 0 atom stereocenters. The van der Waals surface area contributed by atoms with Crippen LogP contribution in [0.5, 0.6) is 0 Å². The molecule has 0 aromatic heterocycles. The molecule has 2 nitrogen and oxygen atoms in total. The van der Waals surface area contributed by atoms with Gasteiger partial charge in [-0.15, -0.1) is 0 Å². The second kappa shape index (κ2) is 4.58. The lowest BCUT2D eigenvalue weighted by atomic mass is 10.1. The van der Waals surface area contributed by atoms with Crippen molar-refractivity contribution in [2.45, 2.75) is 40.2 Å². The lowest BCUT2D eigenvalue weighted by Gasteiger charge is -2.20. The Labute approximate surface area is 105 Å². The summed E-state index contributed by atoms with van der Waals surface area (Å²) in [7, 11) is 0. The number of esters is 1. The van der Waals surface area contributed by atoms with E-state index in [0.717, 1.165) is 15.6 Å². The standard InChI is InChI=1S/C13H17BrO2/c1-8-6-10(7-9(2)11(8)14)12(15)16-13(3,4)5/h6-7H,1-5H3. The van der Waals surface area contributed by atoms with E-state index in [4.69, 9.17) is 4.74 Å². The molecule has 0 amide bonds. The van der Waals surface area contributed by atoms with Crippen LogP contribution in [0.3, 0.4) is 0 Å². The molecular formula is C13H17BrO2. The van der Waals surface area contributed by atoms with E-state index in [0.29, 0.717) is 5.56 Å². The van der Waals surface area contributed by atoms with Crippen molar-refractivity contribution in [1.82, 2.24) is 0 Å². The normalized spacial score (nSPS) is 11.4. The van der Waals surface area contributed by atoms with E-state index in [1.807, 2.05) is 46.8 Å². The average molecular weight is 285 g/mol. The number of hydrogen-bond donors (Lipinski definition) is 0. The molecule has 0 saturated carbocycles. The van der Waals surface area contributed by atoms with Gasteiger partial charge in [0.15, 0.2) is 0 Å². The molecule has 16 heavy (non-hydrogen) atoms. The largest absolute Gasteiger partial charge is 0.456 e. The monoisotopic (exact) mass is 284 g/mol. The first kappa shape index (κ1) is 13.2. The van der Waals surface area contributed by atoms with Crippen LogP contribution in [0.25, 0.3) is 0 Å². The first-order valence-corrected chi connectivity index (χ1v) is 6.00. The molecule has 0 spiro atoms. The van der Waals surface area contributed by atoms with E-state index in [9.17, 15) is 4.79 Å². The Morgan fingerprint density at radius 1 is 1.19 bits per heavy atom. The van der Waals surface area contributed by atoms with Crippen molar-refractivity contribution in [3.05, 3.63) is 33.3 Å². The average Bonchev–Trinajstić information content (AvgIpc) is 2.10. The topological polar surface area (TPSA) is 26.3 Å². The molecule has 0 unspecified atom stereocenters. The number of halogens is 1. The third kappa shape index (κ3) is 3.34. The predicted molar refractivity (Wildman–Crippen MR) is 68.8 cm³/mol. The van der Waals surface area contributed by atoms with Crippen molar-refractivity contribution in [2.24, 2.45) is 0 Å². The highest BCUT2D eigenvalue weighted by atomic mass is 79.9. The van der Waals surface area contributed by atoms with Crippen LogP contribution in [0.15, 0.2) is 16.6 Å². The summed E-state index contributed by atoms with van der Waals surface area (Å²) in [6.07, 6.45) is 0. The fourth-order valence-electron chi connectivity index (χ4n) is 1.40. The number of carbonyl (C=O) groups excluding carboxylic acids is 1. The summed E-state index contributed by atoms with van der Waals surface area (Å²) >= 11 is 3.47. The summed E-state index contributed by atoms with van der Waals surface area (Å²) in [6.45, 7) is 9.52. The summed E-state index contributed by atoms with van der Waals surface area (Å²) in [6, 6.07) is 3.68. The quantitative estimate of drug-likeness (QED) is 0.728. The summed E-state index contributed by atoms with van der Waals surface area (Å²) in [4.78, 5) is 11.8. The maximum Gasteiger partial charge on any atom is 0.338 e. The summed E-state index contributed by atoms with van der Waals surface area (Å²) < 4.78 is 6.36. The molecule has 0 radical (unpaired) electrons. The van der Waals surface area contributed by atoms with Crippen LogP contribution in [0.2, 0.25) is 0 Å². The van der Waals surface area contributed by atoms with Crippen molar-refractivity contribution in [3.8, 4) is 0 Å². The number of rotatable bonds is 1. The molecule has 0 heterocycles. The molecule has 1 aromatic carbocycles. The Morgan fingerprint density at radius 3 is 2.00 bits per heavy atom. The molecule has 1 aromatic rings. The number of carbonyl (C=O) groups is 1. The third-order valence-electron chi connectivity index (χ3n) is 2.07. The van der Waals surface area contributed by atoms with Gasteiger partial charge in [-0.1, -0.05) is 15.9 Å². The molecule has 0 aliphatic rings. The molecule has 0 saturated heterocycles. The molecule has 0 fully saturated rings. The van der Waals surface area contributed by atoms with Gasteiger partial charge in [-0.05, 0) is 57.9 Å². The van der Waals surface area contributed by atoms with E-state index in [1.165, 1.54) is 0 Å². The van der Waals surface area contributed by atoms with Gasteiger partial charge in [0.25, 0.3) is 0 Å². The van der Waals surface area contributed by atoms with Crippen molar-refractivity contribution in [3.63, 3.8) is 0 Å². The highest BCUT2D eigenvalue weighted by Crippen LogP contribution is 2.23. The van der Waals surface area contributed by atoms with Gasteiger partial charge in [-0.3, -0.25) is 0 Å². The minimum absolute atomic E-state index is 0.272. The Bertz CT molecular complexity index is 393. The smallest absolute Gasteiger partial charge is 0.338 e. The Balaban J connectivity index is 3.02. The molecule has 0 bridgehead atoms. The number of hydrogen-bond acceptors (Lipinski definition) is 2. The maximum atomic E-state index is 11.8. The van der Waals surface area contributed by atoms with Gasteiger partial charge in [-0.2, -0.15) is 0 Å². The predicted octanol–water partition coefficient (Wildman–Crippen LogP) is 4.02.